The van der Waals surface area contributed by atoms with Gasteiger partial charge in [-0.15, -0.1) is 24.0 Å². The van der Waals surface area contributed by atoms with Crippen molar-refractivity contribution >= 4 is 53.1 Å². The highest BCUT2D eigenvalue weighted by molar-refractivity contribution is 14.0. The predicted octanol–water partition coefficient (Wildman–Crippen LogP) is 4.09. The van der Waals surface area contributed by atoms with Gasteiger partial charge in [0.25, 0.3) is 0 Å². The van der Waals surface area contributed by atoms with E-state index in [4.69, 9.17) is 33.7 Å². The van der Waals surface area contributed by atoms with Gasteiger partial charge in [0.2, 0.25) is 0 Å². The fourth-order valence-electron chi connectivity index (χ4n) is 3.22. The number of ether oxygens (including phenoxy) is 1. The summed E-state index contributed by atoms with van der Waals surface area (Å²) in [4.78, 5) is 4.51. The van der Waals surface area contributed by atoms with E-state index in [2.05, 4.69) is 15.4 Å². The van der Waals surface area contributed by atoms with Gasteiger partial charge < -0.3 is 15.8 Å². The maximum atomic E-state index is 6.25. The molecule has 2 heterocycles. The molecule has 1 aromatic carbocycles. The number of benzene rings is 1. The van der Waals surface area contributed by atoms with Crippen LogP contribution in [0.3, 0.4) is 0 Å². The van der Waals surface area contributed by atoms with Gasteiger partial charge in [-0.1, -0.05) is 29.3 Å². The van der Waals surface area contributed by atoms with Crippen LogP contribution < -0.4 is 11.1 Å². The molecule has 6 nitrogen and oxygen atoms in total. The predicted molar refractivity (Wildman–Crippen MR) is 120 cm³/mol. The third-order valence-corrected chi connectivity index (χ3v) is 5.22. The molecule has 2 aromatic rings. The molecule has 3 N–H and O–H groups in total. The highest BCUT2D eigenvalue weighted by Crippen LogP contribution is 2.34. The minimum atomic E-state index is -0.0729. The monoisotopic (exact) mass is 523 g/mol. The number of aryl methyl sites for hydroxylation is 1. The van der Waals surface area contributed by atoms with Crippen LogP contribution in [-0.4, -0.2) is 28.9 Å². The van der Waals surface area contributed by atoms with Gasteiger partial charge in [0.15, 0.2) is 5.96 Å². The molecule has 1 aliphatic heterocycles. The molecule has 0 saturated carbocycles. The highest BCUT2D eigenvalue weighted by Gasteiger charge is 2.31. The van der Waals surface area contributed by atoms with Crippen molar-refractivity contribution in [2.75, 3.05) is 13.2 Å². The van der Waals surface area contributed by atoms with Crippen LogP contribution in [0.5, 0.6) is 0 Å². The van der Waals surface area contributed by atoms with Gasteiger partial charge in [-0.05, 0) is 37.1 Å². The van der Waals surface area contributed by atoms with Crippen molar-refractivity contribution < 1.29 is 4.74 Å². The van der Waals surface area contributed by atoms with Crippen molar-refractivity contribution in [1.82, 2.24) is 15.1 Å². The minimum Gasteiger partial charge on any atom is -0.372 e. The van der Waals surface area contributed by atoms with Crippen LogP contribution in [0.2, 0.25) is 10.0 Å². The largest absolute Gasteiger partial charge is 0.372 e. The van der Waals surface area contributed by atoms with Gasteiger partial charge >= 0.3 is 0 Å². The van der Waals surface area contributed by atoms with E-state index in [9.17, 15) is 0 Å². The molecule has 1 aliphatic rings. The number of aromatic nitrogens is 2. The molecule has 27 heavy (non-hydrogen) atoms. The summed E-state index contributed by atoms with van der Waals surface area (Å²) in [7, 11) is 1.92. The fourth-order valence-corrected chi connectivity index (χ4v) is 3.80. The number of guanidine groups is 1. The van der Waals surface area contributed by atoms with Crippen LogP contribution in [-0.2, 0) is 11.8 Å². The van der Waals surface area contributed by atoms with E-state index in [1.165, 1.54) is 0 Å². The van der Waals surface area contributed by atoms with E-state index in [0.717, 1.165) is 24.3 Å². The number of halogens is 3. The average molecular weight is 524 g/mol. The fraction of sp³-hybridized carbons (Fsp3) is 0.444. The number of nitrogens with two attached hydrogens (primary N) is 1. The Balaban J connectivity index is 0.00000261. The van der Waals surface area contributed by atoms with Crippen LogP contribution in [0.1, 0.15) is 36.7 Å². The van der Waals surface area contributed by atoms with Crippen molar-refractivity contribution in [3.05, 3.63) is 51.8 Å². The first kappa shape index (κ1) is 22.3. The molecule has 1 aromatic heterocycles. The van der Waals surface area contributed by atoms with E-state index in [1.54, 1.807) is 12.3 Å². The Morgan fingerprint density at radius 2 is 2.22 bits per heavy atom. The van der Waals surface area contributed by atoms with E-state index in [-0.39, 0.29) is 42.0 Å². The highest BCUT2D eigenvalue weighted by atomic mass is 127. The first-order valence-corrected chi connectivity index (χ1v) is 9.32. The summed E-state index contributed by atoms with van der Waals surface area (Å²) in [5.74, 6) is 0.666. The molecule has 1 saturated heterocycles. The SMILES string of the molecule is CC(NC(N)=NC[C@@H]1CCO[C@H]1c1ccnn1C)c1ccc(Cl)cc1Cl.I. The van der Waals surface area contributed by atoms with Crippen LogP contribution >= 0.6 is 47.2 Å². The van der Waals surface area contributed by atoms with E-state index < -0.39 is 0 Å². The summed E-state index contributed by atoms with van der Waals surface area (Å²) in [5, 5.41) is 8.61. The van der Waals surface area contributed by atoms with Crippen molar-refractivity contribution in [2.24, 2.45) is 23.7 Å². The van der Waals surface area contributed by atoms with Crippen LogP contribution in [0, 0.1) is 5.92 Å². The first-order chi connectivity index (χ1) is 12.5. The lowest BCUT2D eigenvalue weighted by Crippen LogP contribution is -2.34. The topological polar surface area (TPSA) is 77.5 Å². The first-order valence-electron chi connectivity index (χ1n) is 8.56. The van der Waals surface area contributed by atoms with E-state index in [1.807, 2.05) is 36.9 Å². The molecular weight excluding hydrogens is 500 g/mol. The molecule has 148 valence electrons. The smallest absolute Gasteiger partial charge is 0.189 e. The second-order valence-corrected chi connectivity index (χ2v) is 7.32. The number of rotatable bonds is 5. The molecule has 9 heteroatoms. The molecule has 3 atom stereocenters. The zero-order valence-electron chi connectivity index (χ0n) is 15.2. The standard InChI is InChI=1S/C18H23Cl2N5O.HI/c1-11(14-4-3-13(19)9-15(14)20)24-18(21)22-10-12-6-8-26-17(12)16-5-7-23-25(16)2;/h3-5,7,9,11-12,17H,6,8,10H2,1-2H3,(H3,21,22,24);1H/t11?,12-,17+;/m0./s1. The summed E-state index contributed by atoms with van der Waals surface area (Å²) in [5.41, 5.74) is 8.06. The molecule has 0 bridgehead atoms. The van der Waals surface area contributed by atoms with E-state index in [0.29, 0.717) is 22.5 Å². The number of aliphatic imine (C=N–C) groups is 1. The lowest BCUT2D eigenvalue weighted by Gasteiger charge is -2.19. The molecular formula is C18H24Cl2IN5O. The Morgan fingerprint density at radius 1 is 1.44 bits per heavy atom. The van der Waals surface area contributed by atoms with Crippen molar-refractivity contribution in [1.29, 1.82) is 0 Å². The normalized spacial score (nSPS) is 21.0. The molecule has 0 spiro atoms. The number of nitrogens with one attached hydrogen (secondary N) is 1. The van der Waals surface area contributed by atoms with Crippen LogP contribution in [0.25, 0.3) is 0 Å². The maximum absolute atomic E-state index is 6.25. The zero-order chi connectivity index (χ0) is 18.7. The quantitative estimate of drug-likeness (QED) is 0.351. The molecule has 1 unspecified atom stereocenters. The van der Waals surface area contributed by atoms with Crippen molar-refractivity contribution in [3.8, 4) is 0 Å². The second kappa shape index (κ2) is 9.95. The Morgan fingerprint density at radius 3 is 2.89 bits per heavy atom. The lowest BCUT2D eigenvalue weighted by molar-refractivity contribution is 0.0859. The van der Waals surface area contributed by atoms with E-state index >= 15 is 0 Å². The van der Waals surface area contributed by atoms with Gasteiger partial charge in [0.1, 0.15) is 6.10 Å². The van der Waals surface area contributed by atoms with Gasteiger partial charge in [0, 0.05) is 42.4 Å². The number of nitrogens with zero attached hydrogens (tertiary/aromatic N) is 3. The number of hydrogen-bond donors (Lipinski definition) is 2. The minimum absolute atomic E-state index is 0. The Bertz CT molecular complexity index is 798. The second-order valence-electron chi connectivity index (χ2n) is 6.48. The van der Waals surface area contributed by atoms with Crippen LogP contribution in [0.4, 0.5) is 0 Å². The van der Waals surface area contributed by atoms with Crippen molar-refractivity contribution in [3.63, 3.8) is 0 Å². The zero-order valence-corrected chi connectivity index (χ0v) is 19.1. The van der Waals surface area contributed by atoms with Crippen molar-refractivity contribution in [2.45, 2.75) is 25.5 Å². The van der Waals surface area contributed by atoms with Crippen LogP contribution in [0.15, 0.2) is 35.5 Å². The lowest BCUT2D eigenvalue weighted by atomic mass is 9.99. The molecule has 3 rings (SSSR count). The third kappa shape index (κ3) is 5.49. The average Bonchev–Trinajstić information content (AvgIpc) is 3.20. The Hall–Kier alpha value is -1.03. The summed E-state index contributed by atoms with van der Waals surface area (Å²) < 4.78 is 7.73. The molecule has 0 radical (unpaired) electrons. The Labute approximate surface area is 186 Å². The summed E-state index contributed by atoms with van der Waals surface area (Å²) >= 11 is 12.2. The summed E-state index contributed by atoms with van der Waals surface area (Å²) in [6, 6.07) is 7.33. The number of hydrogen-bond acceptors (Lipinski definition) is 3. The van der Waals surface area contributed by atoms with Gasteiger partial charge in [-0.2, -0.15) is 5.10 Å². The van der Waals surface area contributed by atoms with Gasteiger partial charge in [-0.3, -0.25) is 9.67 Å². The third-order valence-electron chi connectivity index (χ3n) is 4.65. The van der Waals surface area contributed by atoms with Gasteiger partial charge in [0.05, 0.1) is 11.7 Å². The molecule has 1 fully saturated rings. The van der Waals surface area contributed by atoms with Gasteiger partial charge in [-0.25, -0.2) is 0 Å². The summed E-state index contributed by atoms with van der Waals surface area (Å²) in [6.45, 7) is 3.30. The Kier molecular flexibility index (Phi) is 8.20. The molecule has 0 aliphatic carbocycles. The maximum Gasteiger partial charge on any atom is 0.189 e. The molecule has 0 amide bonds. The summed E-state index contributed by atoms with van der Waals surface area (Å²) in [6.07, 6.45) is 2.73.